The third-order valence-corrected chi connectivity index (χ3v) is 1.11. The van der Waals surface area contributed by atoms with Crippen molar-refractivity contribution in [3.63, 3.8) is 0 Å². The summed E-state index contributed by atoms with van der Waals surface area (Å²) >= 11 is 0. The Morgan fingerprint density at radius 2 is 2.71 bits per heavy atom. The summed E-state index contributed by atoms with van der Waals surface area (Å²) < 4.78 is 7.19. The molecule has 0 aromatic carbocycles. The van der Waals surface area contributed by atoms with Crippen molar-refractivity contribution in [2.45, 2.75) is 18.9 Å². The number of hydrogen-bond donors (Lipinski definition) is 2. The molecule has 7 heavy (non-hydrogen) atoms. The van der Waals surface area contributed by atoms with Gasteiger partial charge in [-0.3, -0.25) is 0 Å². The van der Waals surface area contributed by atoms with Crippen LogP contribution in [0.15, 0.2) is 0 Å². The van der Waals surface area contributed by atoms with Gasteiger partial charge < -0.3 is 10.4 Å². The maximum atomic E-state index is 8.93. The molecule has 0 aliphatic carbocycles. The molecule has 1 heterocycles. The van der Waals surface area contributed by atoms with Crippen LogP contribution in [-0.2, 0) is 0 Å². The van der Waals surface area contributed by atoms with E-state index in [0.717, 1.165) is 13.0 Å². The molecule has 2 nitrogen and oxygen atoms in total. The van der Waals surface area contributed by atoms with Crippen LogP contribution in [0.1, 0.15) is 14.2 Å². The van der Waals surface area contributed by atoms with Crippen molar-refractivity contribution in [3.8, 4) is 0 Å². The monoisotopic (exact) mass is 102 g/mol. The van der Waals surface area contributed by atoms with Crippen LogP contribution in [0.4, 0.5) is 0 Å². The van der Waals surface area contributed by atoms with E-state index in [-0.39, 0.29) is 6.40 Å². The molecule has 0 bridgehead atoms. The maximum absolute atomic E-state index is 8.93. The van der Waals surface area contributed by atoms with Crippen LogP contribution in [0, 0.1) is 0 Å². The highest BCUT2D eigenvalue weighted by Crippen LogP contribution is 1.98. The lowest BCUT2D eigenvalue weighted by molar-refractivity contribution is 0.142. The first kappa shape index (κ1) is 3.87. The average Bonchev–Trinajstić information content (AvgIpc) is 1.77. The number of hydrogen-bond acceptors (Lipinski definition) is 2. The van der Waals surface area contributed by atoms with Crippen molar-refractivity contribution in [2.75, 3.05) is 13.1 Å². The standard InChI is InChI=1S/C5H11NO/c7-5-2-1-3-6-4-5/h5-7H,1-4H2/t5-/m0/s1/i2D/t2-,5+/m1. The lowest BCUT2D eigenvalue weighted by atomic mass is 10.1. The molecule has 1 aliphatic heterocycles. The first-order chi connectivity index (χ1) is 3.80. The highest BCUT2D eigenvalue weighted by atomic mass is 16.3. The van der Waals surface area contributed by atoms with Crippen LogP contribution >= 0.6 is 0 Å². The Balaban J connectivity index is 2.28. The quantitative estimate of drug-likeness (QED) is 0.441. The third kappa shape index (κ3) is 1.45. The summed E-state index contributed by atoms with van der Waals surface area (Å²) in [4.78, 5) is 0. The van der Waals surface area contributed by atoms with Gasteiger partial charge in [-0.05, 0) is 19.4 Å². The fourth-order valence-corrected chi connectivity index (χ4v) is 0.711. The number of piperidine rings is 1. The van der Waals surface area contributed by atoms with E-state index >= 15 is 0 Å². The second kappa shape index (κ2) is 2.28. The number of rotatable bonds is 0. The number of nitrogens with one attached hydrogen (secondary N) is 1. The van der Waals surface area contributed by atoms with Gasteiger partial charge in [0.1, 0.15) is 0 Å². The molecule has 1 rings (SSSR count). The normalized spacial score (nSPS) is 45.6. The Kier molecular flexibility index (Phi) is 1.26. The topological polar surface area (TPSA) is 32.3 Å². The predicted octanol–water partition coefficient (Wildman–Crippen LogP) is -0.269. The van der Waals surface area contributed by atoms with Gasteiger partial charge in [-0.1, -0.05) is 0 Å². The molecule has 2 atom stereocenters. The summed E-state index contributed by atoms with van der Waals surface area (Å²) in [7, 11) is 0. The van der Waals surface area contributed by atoms with E-state index in [1.165, 1.54) is 0 Å². The number of β-amino-alcohol motifs (C(OH)–C–C–N with tert-alkyl or cyclic N) is 1. The summed E-state index contributed by atoms with van der Waals surface area (Å²) in [5, 5.41) is 11.9. The van der Waals surface area contributed by atoms with E-state index in [2.05, 4.69) is 5.32 Å². The predicted molar refractivity (Wildman–Crippen MR) is 28.1 cm³/mol. The van der Waals surface area contributed by atoms with E-state index in [1.54, 1.807) is 0 Å². The minimum Gasteiger partial charge on any atom is -0.392 e. The van der Waals surface area contributed by atoms with E-state index in [0.29, 0.717) is 6.54 Å². The van der Waals surface area contributed by atoms with Crippen LogP contribution in [-0.4, -0.2) is 24.3 Å². The molecule has 2 N–H and O–H groups in total. The fraction of sp³-hybridized carbons (Fsp3) is 1.00. The lowest BCUT2D eigenvalue weighted by Crippen LogP contribution is -2.33. The van der Waals surface area contributed by atoms with Crippen LogP contribution in [0.3, 0.4) is 0 Å². The zero-order chi connectivity index (χ0) is 5.98. The van der Waals surface area contributed by atoms with Gasteiger partial charge in [-0.15, -0.1) is 0 Å². The first-order valence-electron chi connectivity index (χ1n) is 3.19. The van der Waals surface area contributed by atoms with Crippen LogP contribution in [0.25, 0.3) is 0 Å². The smallest absolute Gasteiger partial charge is 0.0665 e. The Morgan fingerprint density at radius 3 is 3.14 bits per heavy atom. The minimum absolute atomic E-state index is 0.253. The van der Waals surface area contributed by atoms with Gasteiger partial charge in [-0.2, -0.15) is 0 Å². The zero-order valence-corrected chi connectivity index (χ0v) is 4.22. The molecular weight excluding hydrogens is 90.1 g/mol. The summed E-state index contributed by atoms with van der Waals surface area (Å²) in [5.74, 6) is 0. The second-order valence-electron chi connectivity index (χ2n) is 1.80. The van der Waals surface area contributed by atoms with E-state index in [9.17, 15) is 0 Å². The van der Waals surface area contributed by atoms with Crippen molar-refractivity contribution in [2.24, 2.45) is 0 Å². The Hall–Kier alpha value is -0.0800. The molecule has 0 radical (unpaired) electrons. The molecule has 1 saturated heterocycles. The molecular formula is C5H11NO. The summed E-state index contributed by atoms with van der Waals surface area (Å²) in [5.41, 5.74) is 0. The Bertz CT molecular complexity index is 68.8. The van der Waals surface area contributed by atoms with Gasteiger partial charge in [0.25, 0.3) is 0 Å². The molecule has 0 saturated carbocycles. The molecule has 2 heteroatoms. The van der Waals surface area contributed by atoms with Gasteiger partial charge in [0.05, 0.1) is 6.10 Å². The number of aliphatic hydroxyl groups is 1. The summed E-state index contributed by atoms with van der Waals surface area (Å²) in [6.07, 6.45) is 0.0845. The van der Waals surface area contributed by atoms with Crippen molar-refractivity contribution < 1.29 is 6.48 Å². The van der Waals surface area contributed by atoms with Crippen LogP contribution in [0.2, 0.25) is 0 Å². The molecule has 0 aromatic rings. The van der Waals surface area contributed by atoms with Gasteiger partial charge in [0.15, 0.2) is 0 Å². The molecule has 42 valence electrons. The molecule has 1 aliphatic rings. The SMILES string of the molecule is [2H][C@@H]1CCNC[C@H]1O. The number of aliphatic hydroxyl groups excluding tert-OH is 1. The highest BCUT2D eigenvalue weighted by Gasteiger charge is 2.06. The van der Waals surface area contributed by atoms with Crippen molar-refractivity contribution in [3.05, 3.63) is 0 Å². The van der Waals surface area contributed by atoms with E-state index in [1.807, 2.05) is 0 Å². The molecule has 0 aromatic heterocycles. The lowest BCUT2D eigenvalue weighted by Gasteiger charge is -2.16. The second-order valence-corrected chi connectivity index (χ2v) is 1.80. The van der Waals surface area contributed by atoms with Gasteiger partial charge in [0, 0.05) is 7.92 Å². The molecule has 0 amide bonds. The highest BCUT2D eigenvalue weighted by molar-refractivity contribution is 4.65. The third-order valence-electron chi connectivity index (χ3n) is 1.11. The van der Waals surface area contributed by atoms with Gasteiger partial charge in [-0.25, -0.2) is 0 Å². The van der Waals surface area contributed by atoms with Crippen molar-refractivity contribution in [1.29, 1.82) is 0 Å². The summed E-state index contributed by atoms with van der Waals surface area (Å²) in [6.45, 7) is 1.47. The molecule has 1 fully saturated rings. The maximum Gasteiger partial charge on any atom is 0.0665 e. The average molecular weight is 102 g/mol. The van der Waals surface area contributed by atoms with Crippen LogP contribution < -0.4 is 5.32 Å². The molecule has 0 spiro atoms. The Labute approximate surface area is 44.9 Å². The molecule has 0 unspecified atom stereocenters. The van der Waals surface area contributed by atoms with Gasteiger partial charge in [0.2, 0.25) is 0 Å². The minimum atomic E-state index is -0.441. The Morgan fingerprint density at radius 1 is 1.86 bits per heavy atom. The van der Waals surface area contributed by atoms with Crippen LogP contribution in [0.5, 0.6) is 0 Å². The van der Waals surface area contributed by atoms with Crippen molar-refractivity contribution in [1.82, 2.24) is 5.32 Å². The zero-order valence-electron chi connectivity index (χ0n) is 5.22. The van der Waals surface area contributed by atoms with E-state index < -0.39 is 6.10 Å². The first-order valence-corrected chi connectivity index (χ1v) is 2.62. The van der Waals surface area contributed by atoms with E-state index in [4.69, 9.17) is 6.48 Å². The fourth-order valence-electron chi connectivity index (χ4n) is 0.711. The van der Waals surface area contributed by atoms with Gasteiger partial charge >= 0.3 is 0 Å². The summed E-state index contributed by atoms with van der Waals surface area (Å²) in [6, 6.07) is 0. The largest absolute Gasteiger partial charge is 0.392 e. The van der Waals surface area contributed by atoms with Crippen molar-refractivity contribution >= 4 is 0 Å².